The first kappa shape index (κ1) is 14.5. The van der Waals surface area contributed by atoms with E-state index < -0.39 is 0 Å². The van der Waals surface area contributed by atoms with Crippen molar-refractivity contribution in [2.75, 3.05) is 5.73 Å². The smallest absolute Gasteiger partial charge is 0.194 e. The normalized spacial score (nSPS) is 10.5. The van der Waals surface area contributed by atoms with Gasteiger partial charge in [0.2, 0.25) is 0 Å². The van der Waals surface area contributed by atoms with Gasteiger partial charge >= 0.3 is 0 Å². The maximum atomic E-state index is 12.3. The van der Waals surface area contributed by atoms with Gasteiger partial charge in [-0.1, -0.05) is 46.4 Å². The van der Waals surface area contributed by atoms with E-state index in [-0.39, 0.29) is 21.4 Å². The SMILES string of the molecule is Nc1cc(Cl)c(Cl)c(C(=O)c2ccc(Cl)c(Cl)c2)c1. The van der Waals surface area contributed by atoms with Gasteiger partial charge in [-0.2, -0.15) is 0 Å². The lowest BCUT2D eigenvalue weighted by molar-refractivity contribution is 0.103. The van der Waals surface area contributed by atoms with E-state index in [0.29, 0.717) is 21.3 Å². The quantitative estimate of drug-likeness (QED) is 0.612. The van der Waals surface area contributed by atoms with Crippen LogP contribution in [0.25, 0.3) is 0 Å². The van der Waals surface area contributed by atoms with Crippen LogP contribution < -0.4 is 5.73 Å². The molecule has 0 aromatic heterocycles. The first-order valence-electron chi connectivity index (χ1n) is 5.14. The molecule has 0 aliphatic heterocycles. The number of carbonyl (C=O) groups is 1. The summed E-state index contributed by atoms with van der Waals surface area (Å²) >= 11 is 23.6. The Hall–Kier alpha value is -0.930. The number of benzene rings is 2. The summed E-state index contributed by atoms with van der Waals surface area (Å²) in [7, 11) is 0. The zero-order valence-electron chi connectivity index (χ0n) is 9.38. The van der Waals surface area contributed by atoms with Crippen molar-refractivity contribution in [3.63, 3.8) is 0 Å². The largest absolute Gasteiger partial charge is 0.399 e. The second kappa shape index (κ2) is 5.59. The summed E-state index contributed by atoms with van der Waals surface area (Å²) < 4.78 is 0. The van der Waals surface area contributed by atoms with Gasteiger partial charge in [0.15, 0.2) is 5.78 Å². The summed E-state index contributed by atoms with van der Waals surface area (Å²) in [4.78, 5) is 12.3. The van der Waals surface area contributed by atoms with Crippen molar-refractivity contribution in [2.24, 2.45) is 0 Å². The van der Waals surface area contributed by atoms with E-state index >= 15 is 0 Å². The minimum atomic E-state index is -0.322. The van der Waals surface area contributed by atoms with Gasteiger partial charge in [0.25, 0.3) is 0 Å². The highest BCUT2D eigenvalue weighted by Gasteiger charge is 2.17. The van der Waals surface area contributed by atoms with Crippen LogP contribution in [-0.2, 0) is 0 Å². The fourth-order valence-corrected chi connectivity index (χ4v) is 2.29. The molecule has 2 aromatic carbocycles. The van der Waals surface area contributed by atoms with Crippen LogP contribution in [0.3, 0.4) is 0 Å². The average Bonchev–Trinajstić information content (AvgIpc) is 2.36. The first-order chi connectivity index (χ1) is 8.90. The van der Waals surface area contributed by atoms with Crippen LogP contribution in [0.2, 0.25) is 20.1 Å². The third-order valence-electron chi connectivity index (χ3n) is 2.48. The number of carbonyl (C=O) groups excluding carboxylic acids is 1. The summed E-state index contributed by atoms with van der Waals surface area (Å²) in [5, 5.41) is 1.05. The lowest BCUT2D eigenvalue weighted by atomic mass is 10.0. The molecular weight excluding hydrogens is 328 g/mol. The second-order valence-corrected chi connectivity index (χ2v) is 5.42. The van der Waals surface area contributed by atoms with E-state index in [1.54, 1.807) is 12.1 Å². The maximum Gasteiger partial charge on any atom is 0.194 e. The molecule has 0 saturated carbocycles. The van der Waals surface area contributed by atoms with Crippen molar-refractivity contribution in [3.8, 4) is 0 Å². The summed E-state index contributed by atoms with van der Waals surface area (Å²) in [6.45, 7) is 0. The number of rotatable bonds is 2. The maximum absolute atomic E-state index is 12.3. The van der Waals surface area contributed by atoms with Crippen LogP contribution in [0.5, 0.6) is 0 Å². The number of ketones is 1. The van der Waals surface area contributed by atoms with Gasteiger partial charge < -0.3 is 5.73 Å². The Morgan fingerprint density at radius 3 is 2.21 bits per heavy atom. The topological polar surface area (TPSA) is 43.1 Å². The van der Waals surface area contributed by atoms with Gasteiger partial charge in [-0.3, -0.25) is 4.79 Å². The standard InChI is InChI=1S/C13H7Cl4NO/c14-9-2-1-6(3-10(9)15)13(19)8-4-7(18)5-11(16)12(8)17/h1-5H,18H2. The lowest BCUT2D eigenvalue weighted by Gasteiger charge is -2.07. The monoisotopic (exact) mass is 333 g/mol. The van der Waals surface area contributed by atoms with Gasteiger partial charge in [-0.15, -0.1) is 0 Å². The number of hydrogen-bond donors (Lipinski definition) is 1. The number of nitrogens with two attached hydrogens (primary N) is 1. The Morgan fingerprint density at radius 1 is 0.895 bits per heavy atom. The predicted molar refractivity (Wildman–Crippen MR) is 80.8 cm³/mol. The molecule has 98 valence electrons. The molecule has 0 spiro atoms. The Kier molecular flexibility index (Phi) is 4.26. The zero-order chi connectivity index (χ0) is 14.2. The minimum Gasteiger partial charge on any atom is -0.399 e. The molecule has 0 aliphatic rings. The molecule has 2 rings (SSSR count). The number of nitrogen functional groups attached to an aromatic ring is 1. The van der Waals surface area contributed by atoms with Crippen molar-refractivity contribution in [1.29, 1.82) is 0 Å². The molecule has 2 aromatic rings. The summed E-state index contributed by atoms with van der Waals surface area (Å²) in [5.41, 5.74) is 6.60. The lowest BCUT2D eigenvalue weighted by Crippen LogP contribution is -2.03. The van der Waals surface area contributed by atoms with E-state index in [4.69, 9.17) is 52.1 Å². The molecule has 0 heterocycles. The number of anilines is 1. The Balaban J connectivity index is 2.53. The highest BCUT2D eigenvalue weighted by Crippen LogP contribution is 2.31. The van der Waals surface area contributed by atoms with Crippen LogP contribution in [-0.4, -0.2) is 5.78 Å². The van der Waals surface area contributed by atoms with Crippen molar-refractivity contribution >= 4 is 57.9 Å². The molecular formula is C13H7Cl4NO. The summed E-state index contributed by atoms with van der Waals surface area (Å²) in [6, 6.07) is 7.52. The third kappa shape index (κ3) is 2.98. The second-order valence-electron chi connectivity index (χ2n) is 3.82. The molecule has 0 radical (unpaired) electrons. The van der Waals surface area contributed by atoms with Gasteiger partial charge in [0.05, 0.1) is 20.1 Å². The molecule has 0 amide bonds. The molecule has 0 atom stereocenters. The fourth-order valence-electron chi connectivity index (χ4n) is 1.57. The van der Waals surface area contributed by atoms with Crippen molar-refractivity contribution in [1.82, 2.24) is 0 Å². The molecule has 19 heavy (non-hydrogen) atoms. The fraction of sp³-hybridized carbons (Fsp3) is 0. The van der Waals surface area contributed by atoms with Gasteiger partial charge in [-0.25, -0.2) is 0 Å². The summed E-state index contributed by atoms with van der Waals surface area (Å²) in [5.74, 6) is -0.322. The van der Waals surface area contributed by atoms with E-state index in [9.17, 15) is 4.79 Å². The van der Waals surface area contributed by atoms with Crippen LogP contribution >= 0.6 is 46.4 Å². The molecule has 2 nitrogen and oxygen atoms in total. The number of hydrogen-bond acceptors (Lipinski definition) is 2. The summed E-state index contributed by atoms with van der Waals surface area (Å²) in [6.07, 6.45) is 0. The highest BCUT2D eigenvalue weighted by molar-refractivity contribution is 6.45. The third-order valence-corrected chi connectivity index (χ3v) is 4.02. The van der Waals surface area contributed by atoms with E-state index in [1.807, 2.05) is 0 Å². The van der Waals surface area contributed by atoms with Gasteiger partial charge in [-0.05, 0) is 30.3 Å². The van der Waals surface area contributed by atoms with E-state index in [1.165, 1.54) is 18.2 Å². The molecule has 0 aliphatic carbocycles. The van der Waals surface area contributed by atoms with Gasteiger partial charge in [0, 0.05) is 16.8 Å². The molecule has 0 bridgehead atoms. The van der Waals surface area contributed by atoms with Crippen molar-refractivity contribution < 1.29 is 4.79 Å². The Labute approximate surface area is 130 Å². The Morgan fingerprint density at radius 2 is 1.58 bits per heavy atom. The van der Waals surface area contributed by atoms with Crippen LogP contribution in [0.15, 0.2) is 30.3 Å². The van der Waals surface area contributed by atoms with Gasteiger partial charge in [0.1, 0.15) is 0 Å². The molecule has 0 saturated heterocycles. The molecule has 6 heteroatoms. The predicted octanol–water partition coefficient (Wildman–Crippen LogP) is 5.11. The zero-order valence-corrected chi connectivity index (χ0v) is 12.4. The average molecular weight is 335 g/mol. The number of halogens is 4. The van der Waals surface area contributed by atoms with Crippen LogP contribution in [0, 0.1) is 0 Å². The molecule has 0 unspecified atom stereocenters. The van der Waals surface area contributed by atoms with Crippen LogP contribution in [0.1, 0.15) is 15.9 Å². The van der Waals surface area contributed by atoms with Crippen LogP contribution in [0.4, 0.5) is 5.69 Å². The van der Waals surface area contributed by atoms with Crippen molar-refractivity contribution in [3.05, 3.63) is 61.5 Å². The molecule has 0 fully saturated rings. The van der Waals surface area contributed by atoms with E-state index in [0.717, 1.165) is 0 Å². The van der Waals surface area contributed by atoms with E-state index in [2.05, 4.69) is 0 Å². The van der Waals surface area contributed by atoms with Crippen molar-refractivity contribution in [2.45, 2.75) is 0 Å². The first-order valence-corrected chi connectivity index (χ1v) is 6.65. The molecule has 2 N–H and O–H groups in total. The highest BCUT2D eigenvalue weighted by atomic mass is 35.5. The Bertz CT molecular complexity index is 670. The minimum absolute atomic E-state index is 0.159.